The zero-order valence-electron chi connectivity index (χ0n) is 7.34. The Morgan fingerprint density at radius 1 is 1.54 bits per heavy atom. The van der Waals surface area contributed by atoms with Crippen molar-refractivity contribution >= 4 is 11.3 Å². The second-order valence-electron chi connectivity index (χ2n) is 2.68. The lowest BCUT2D eigenvalue weighted by molar-refractivity contribution is 0.672. The minimum absolute atomic E-state index is 0.719. The van der Waals surface area contributed by atoms with Gasteiger partial charge in [0.2, 0.25) is 0 Å². The van der Waals surface area contributed by atoms with E-state index in [9.17, 15) is 0 Å². The molecule has 0 aliphatic heterocycles. The van der Waals surface area contributed by atoms with Gasteiger partial charge in [-0.1, -0.05) is 6.92 Å². The normalized spacial score (nSPS) is 10.5. The zero-order chi connectivity index (χ0) is 9.10. The third kappa shape index (κ3) is 1.92. The highest BCUT2D eigenvalue weighted by Crippen LogP contribution is 2.10. The van der Waals surface area contributed by atoms with Gasteiger partial charge in [-0.3, -0.25) is 0 Å². The van der Waals surface area contributed by atoms with Crippen LogP contribution in [0.3, 0.4) is 0 Å². The van der Waals surface area contributed by atoms with Gasteiger partial charge >= 0.3 is 0 Å². The highest BCUT2D eigenvalue weighted by Gasteiger charge is 2.00. The predicted octanol–water partition coefficient (Wildman–Crippen LogP) is 1.35. The first kappa shape index (κ1) is 8.37. The summed E-state index contributed by atoms with van der Waals surface area (Å²) in [6, 6.07) is 0. The fourth-order valence-electron chi connectivity index (χ4n) is 1.06. The molecule has 0 atom stereocenters. The van der Waals surface area contributed by atoms with Crippen molar-refractivity contribution in [1.82, 2.24) is 19.7 Å². The molecule has 5 heteroatoms. The smallest absolute Gasteiger partial charge is 0.137 e. The van der Waals surface area contributed by atoms with Gasteiger partial charge in [0.25, 0.3) is 0 Å². The van der Waals surface area contributed by atoms with Crippen LogP contribution in [0.4, 0.5) is 0 Å². The second-order valence-corrected chi connectivity index (χ2v) is 3.62. The maximum absolute atomic E-state index is 4.43. The van der Waals surface area contributed by atoms with Gasteiger partial charge in [0, 0.05) is 5.38 Å². The van der Waals surface area contributed by atoms with Crippen molar-refractivity contribution in [1.29, 1.82) is 0 Å². The van der Waals surface area contributed by atoms with Crippen LogP contribution >= 0.6 is 11.3 Å². The number of rotatable bonds is 3. The van der Waals surface area contributed by atoms with E-state index in [1.54, 1.807) is 22.3 Å². The minimum atomic E-state index is 0.719. The number of aryl methyl sites for hydroxylation is 1. The first-order chi connectivity index (χ1) is 6.38. The molecule has 0 aliphatic carbocycles. The molecule has 2 rings (SSSR count). The van der Waals surface area contributed by atoms with Crippen LogP contribution in [0.15, 0.2) is 18.0 Å². The largest absolute Gasteiger partial charge is 0.247 e. The van der Waals surface area contributed by atoms with E-state index in [0.29, 0.717) is 0 Å². The molecular weight excluding hydrogens is 184 g/mol. The Morgan fingerprint density at radius 2 is 2.46 bits per heavy atom. The van der Waals surface area contributed by atoms with E-state index < -0.39 is 0 Å². The average Bonchev–Trinajstić information content (AvgIpc) is 2.76. The number of hydrogen-bond donors (Lipinski definition) is 0. The van der Waals surface area contributed by atoms with Crippen LogP contribution < -0.4 is 0 Å². The van der Waals surface area contributed by atoms with E-state index in [1.165, 1.54) is 11.3 Å². The summed E-state index contributed by atoms with van der Waals surface area (Å²) in [5.41, 5.74) is 1.06. The van der Waals surface area contributed by atoms with Crippen LogP contribution in [0.2, 0.25) is 0 Å². The van der Waals surface area contributed by atoms with Gasteiger partial charge in [0.15, 0.2) is 0 Å². The van der Waals surface area contributed by atoms with Crippen LogP contribution in [-0.4, -0.2) is 19.7 Å². The van der Waals surface area contributed by atoms with E-state index in [-0.39, 0.29) is 0 Å². The minimum Gasteiger partial charge on any atom is -0.247 e. The molecular formula is C8H10N4S. The van der Waals surface area contributed by atoms with Gasteiger partial charge < -0.3 is 0 Å². The van der Waals surface area contributed by atoms with E-state index >= 15 is 0 Å². The number of hydrogen-bond acceptors (Lipinski definition) is 4. The Kier molecular flexibility index (Phi) is 2.35. The quantitative estimate of drug-likeness (QED) is 0.740. The van der Waals surface area contributed by atoms with Crippen LogP contribution in [0.5, 0.6) is 0 Å². The van der Waals surface area contributed by atoms with Gasteiger partial charge in [-0.2, -0.15) is 5.10 Å². The summed E-state index contributed by atoms with van der Waals surface area (Å²) in [4.78, 5) is 8.31. The molecule has 0 saturated carbocycles. The van der Waals surface area contributed by atoms with Crippen LogP contribution in [0.1, 0.15) is 17.6 Å². The summed E-state index contributed by atoms with van der Waals surface area (Å²) in [5.74, 6) is 0. The standard InChI is InChI=1S/C8H10N4S/c1-2-8-11-7(4-13-8)3-12-6-9-5-10-12/h4-6H,2-3H2,1H3. The lowest BCUT2D eigenvalue weighted by Gasteiger charge is -1.94. The summed E-state index contributed by atoms with van der Waals surface area (Å²) in [7, 11) is 0. The molecule has 0 fully saturated rings. The van der Waals surface area contributed by atoms with E-state index in [2.05, 4.69) is 27.4 Å². The van der Waals surface area contributed by atoms with Crippen molar-refractivity contribution in [2.24, 2.45) is 0 Å². The Labute approximate surface area is 80.3 Å². The monoisotopic (exact) mass is 194 g/mol. The second kappa shape index (κ2) is 3.66. The molecule has 0 aromatic carbocycles. The summed E-state index contributed by atoms with van der Waals surface area (Å²) in [6.45, 7) is 2.83. The summed E-state index contributed by atoms with van der Waals surface area (Å²) in [6.07, 6.45) is 4.24. The van der Waals surface area contributed by atoms with Gasteiger partial charge in [-0.25, -0.2) is 14.6 Å². The number of aromatic nitrogens is 4. The fourth-order valence-corrected chi connectivity index (χ4v) is 1.80. The lowest BCUT2D eigenvalue weighted by atomic mass is 10.5. The molecule has 0 amide bonds. The van der Waals surface area contributed by atoms with Crippen molar-refractivity contribution in [3.05, 3.63) is 28.7 Å². The molecule has 0 bridgehead atoms. The van der Waals surface area contributed by atoms with Crippen LogP contribution in [0.25, 0.3) is 0 Å². The van der Waals surface area contributed by atoms with Gasteiger partial charge in [0.05, 0.1) is 17.2 Å². The van der Waals surface area contributed by atoms with Crippen molar-refractivity contribution in [3.63, 3.8) is 0 Å². The molecule has 0 radical (unpaired) electrons. The third-order valence-corrected chi connectivity index (χ3v) is 2.73. The van der Waals surface area contributed by atoms with Crippen molar-refractivity contribution in [3.8, 4) is 0 Å². The van der Waals surface area contributed by atoms with Crippen molar-refractivity contribution < 1.29 is 0 Å². The van der Waals surface area contributed by atoms with Gasteiger partial charge in [-0.15, -0.1) is 11.3 Å². The van der Waals surface area contributed by atoms with E-state index in [0.717, 1.165) is 18.7 Å². The number of thiazole rings is 1. The summed E-state index contributed by atoms with van der Waals surface area (Å²) in [5, 5.41) is 7.26. The first-order valence-corrected chi connectivity index (χ1v) is 5.02. The fraction of sp³-hybridized carbons (Fsp3) is 0.375. The number of nitrogens with zero attached hydrogens (tertiary/aromatic N) is 4. The lowest BCUT2D eigenvalue weighted by Crippen LogP contribution is -2.00. The predicted molar refractivity (Wildman–Crippen MR) is 50.6 cm³/mol. The van der Waals surface area contributed by atoms with Crippen molar-refractivity contribution in [2.75, 3.05) is 0 Å². The zero-order valence-corrected chi connectivity index (χ0v) is 8.16. The van der Waals surface area contributed by atoms with Crippen LogP contribution in [-0.2, 0) is 13.0 Å². The Hall–Kier alpha value is -1.23. The highest BCUT2D eigenvalue weighted by atomic mass is 32.1. The van der Waals surface area contributed by atoms with Gasteiger partial charge in [-0.05, 0) is 6.42 Å². The van der Waals surface area contributed by atoms with E-state index in [4.69, 9.17) is 0 Å². The average molecular weight is 194 g/mol. The molecule has 0 spiro atoms. The SMILES string of the molecule is CCc1nc(Cn2cncn2)cs1. The molecule has 0 N–H and O–H groups in total. The molecule has 0 unspecified atom stereocenters. The van der Waals surface area contributed by atoms with Crippen molar-refractivity contribution in [2.45, 2.75) is 19.9 Å². The molecule has 2 aromatic rings. The highest BCUT2D eigenvalue weighted by molar-refractivity contribution is 7.09. The maximum Gasteiger partial charge on any atom is 0.137 e. The first-order valence-electron chi connectivity index (χ1n) is 4.14. The molecule has 4 nitrogen and oxygen atoms in total. The topological polar surface area (TPSA) is 43.6 Å². The Morgan fingerprint density at radius 3 is 3.08 bits per heavy atom. The summed E-state index contributed by atoms with van der Waals surface area (Å²) >= 11 is 1.70. The van der Waals surface area contributed by atoms with Gasteiger partial charge in [0.1, 0.15) is 12.7 Å². The Balaban J connectivity index is 2.10. The molecule has 68 valence electrons. The van der Waals surface area contributed by atoms with Crippen LogP contribution in [0, 0.1) is 0 Å². The summed E-state index contributed by atoms with van der Waals surface area (Å²) < 4.78 is 1.77. The molecule has 0 saturated heterocycles. The molecule has 0 aliphatic rings. The molecule has 2 heterocycles. The van der Waals surface area contributed by atoms with E-state index in [1.807, 2.05) is 0 Å². The molecule has 2 aromatic heterocycles. The Bertz CT molecular complexity index is 365. The third-order valence-electron chi connectivity index (χ3n) is 1.69. The maximum atomic E-state index is 4.43. The molecule has 13 heavy (non-hydrogen) atoms.